The van der Waals surface area contributed by atoms with Crippen molar-refractivity contribution in [3.05, 3.63) is 197 Å². The molecule has 2 atom stereocenters. The number of rotatable bonds is 12. The fourth-order valence-electron chi connectivity index (χ4n) is 31.2. The summed E-state index contributed by atoms with van der Waals surface area (Å²) in [6, 6.07) is 44.3. The van der Waals surface area contributed by atoms with Crippen molar-refractivity contribution in [2.24, 2.45) is 0 Å². The van der Waals surface area contributed by atoms with Crippen LogP contribution in [0, 0.1) is 0 Å². The molecular formula is C103H58. The van der Waals surface area contributed by atoms with Gasteiger partial charge in [0.25, 0.3) is 0 Å². The van der Waals surface area contributed by atoms with Crippen LogP contribution in [-0.4, -0.2) is 0 Å². The van der Waals surface area contributed by atoms with E-state index in [0.29, 0.717) is 0 Å². The molecule has 2 unspecified atom stereocenters. The molecule has 0 spiro atoms. The third-order valence-corrected chi connectivity index (χ3v) is 33.7. The average molecular weight is 1300 g/mol. The molecule has 0 aliphatic heterocycles. The molecule has 470 valence electrons. The second kappa shape index (κ2) is 13.8. The van der Waals surface area contributed by atoms with Crippen molar-refractivity contribution < 1.29 is 0 Å². The molecule has 9 aliphatic rings. The Morgan fingerprint density at radius 3 is 0.796 bits per heavy atom. The summed E-state index contributed by atoms with van der Waals surface area (Å²) in [5.74, 6) is 0. The van der Waals surface area contributed by atoms with Gasteiger partial charge in [0.1, 0.15) is 0 Å². The van der Waals surface area contributed by atoms with Gasteiger partial charge in [0.2, 0.25) is 0 Å². The van der Waals surface area contributed by atoms with Crippen LogP contribution >= 0.6 is 0 Å². The van der Waals surface area contributed by atoms with Crippen molar-refractivity contribution in [1.29, 1.82) is 0 Å². The Hall–Kier alpha value is -10.4. The Morgan fingerprint density at radius 2 is 0.476 bits per heavy atom. The summed E-state index contributed by atoms with van der Waals surface area (Å²) in [5, 5.41) is 71.2. The molecule has 0 bridgehead atoms. The molecule has 0 N–H and O–H groups in total. The number of hydrogen-bond donors (Lipinski definition) is 0. The van der Waals surface area contributed by atoms with E-state index in [9.17, 15) is 0 Å². The van der Waals surface area contributed by atoms with E-state index in [1.807, 2.05) is 0 Å². The molecule has 0 nitrogen and oxygen atoms in total. The van der Waals surface area contributed by atoms with Crippen LogP contribution in [0.4, 0.5) is 0 Å². The third-order valence-electron chi connectivity index (χ3n) is 33.7. The molecule has 103 heavy (non-hydrogen) atoms. The summed E-state index contributed by atoms with van der Waals surface area (Å²) >= 11 is 0. The van der Waals surface area contributed by atoms with E-state index in [1.54, 1.807) is 327 Å². The van der Waals surface area contributed by atoms with E-state index in [1.165, 1.54) is 85.8 Å². The van der Waals surface area contributed by atoms with Gasteiger partial charge in [0.05, 0.1) is 0 Å². The van der Waals surface area contributed by atoms with Crippen LogP contribution in [0.25, 0.3) is 248 Å². The Kier molecular flexibility index (Phi) is 6.48. The van der Waals surface area contributed by atoms with Crippen molar-refractivity contribution >= 4 is 237 Å². The normalized spacial score (nSPS) is 20.2. The molecule has 0 fully saturated rings. The zero-order valence-electron chi connectivity index (χ0n) is 57.5. The van der Waals surface area contributed by atoms with Crippen molar-refractivity contribution in [2.45, 2.75) is 146 Å². The highest BCUT2D eigenvalue weighted by atomic mass is 14.6. The molecule has 0 aromatic heterocycles. The monoisotopic (exact) mass is 1290 g/mol. The maximum absolute atomic E-state index is 2.98. The Morgan fingerprint density at radius 1 is 0.223 bits per heavy atom. The van der Waals surface area contributed by atoms with E-state index >= 15 is 0 Å². The first-order chi connectivity index (χ1) is 50.9. The van der Waals surface area contributed by atoms with Gasteiger partial charge in [-0.05, 0) is 412 Å². The molecule has 0 saturated heterocycles. The molecular weight excluding hydrogens is 1240 g/mol. The molecule has 0 heterocycles. The summed E-state index contributed by atoms with van der Waals surface area (Å²) in [5.41, 5.74) is 31.8. The highest BCUT2D eigenvalue weighted by Gasteiger charge is 2.55. The first kappa shape index (κ1) is 48.5. The minimum absolute atomic E-state index is 0.110. The summed E-state index contributed by atoms with van der Waals surface area (Å²) in [7, 11) is 0. The average Bonchev–Trinajstić information content (AvgIpc) is 1.44. The van der Waals surface area contributed by atoms with Gasteiger partial charge in [-0.3, -0.25) is 0 Å². The standard InChI is InChI=1S/C103H58/c1-3-5-7-9-15-101(16-10-8-6-4-2)57-31-53(102-33-49-27-45-23-41-21-43-19-37-17-39-25-47-29-51(35-102)73-83-69(47)79-61(39)59(37)75-67(43)77-63(41)65(45)81-71(49)97(99(73)102)95-91(81)87(77)85(75)89(79)93(83)95)11-13-55(57)56-14-12-54(32-58(56)101)103-34-50-28-46-24-42-22-44-20-38-18-40-26-48-30-52(36-103)74-84-70(48)80-62(40)60(38)76-68(44)78-64(42)66(46)82-72(50)98(100(74)103)96-92(82)88(78)86(76)90(80)94(84)96/h11-14,19-22,25-32H,3-10,15-18,23-24,33-36H2,1-2H3. The quantitative estimate of drug-likeness (QED) is 0.0845. The highest BCUT2D eigenvalue weighted by Crippen LogP contribution is 2.74. The lowest BCUT2D eigenvalue weighted by Crippen LogP contribution is -2.34. The smallest absolute Gasteiger partial charge is 0.0296 e. The number of fused-ring (bicyclic) bond motifs is 3. The summed E-state index contributed by atoms with van der Waals surface area (Å²) in [6.45, 7) is 4.86. The van der Waals surface area contributed by atoms with Gasteiger partial charge in [0, 0.05) is 16.2 Å². The minimum atomic E-state index is -0.198. The van der Waals surface area contributed by atoms with E-state index in [-0.39, 0.29) is 16.2 Å². The lowest BCUT2D eigenvalue weighted by molar-refractivity contribution is 0.399. The molecule has 0 saturated carbocycles. The van der Waals surface area contributed by atoms with Gasteiger partial charge < -0.3 is 0 Å². The topological polar surface area (TPSA) is 0 Å². The molecule has 26 aromatic carbocycles. The Labute approximate surface area is 587 Å². The second-order valence-corrected chi connectivity index (χ2v) is 37.1. The Balaban J connectivity index is 0.644. The summed E-state index contributed by atoms with van der Waals surface area (Å²) in [6.07, 6.45) is 21.2. The number of benzene rings is 20. The van der Waals surface area contributed by atoms with E-state index in [2.05, 4.69) is 111 Å². The Bertz CT molecular complexity index is 8280. The van der Waals surface area contributed by atoms with Crippen molar-refractivity contribution in [3.8, 4) is 11.1 Å². The van der Waals surface area contributed by atoms with Crippen molar-refractivity contribution in [1.82, 2.24) is 0 Å². The van der Waals surface area contributed by atoms with Crippen LogP contribution in [0.5, 0.6) is 0 Å². The lowest BCUT2D eigenvalue weighted by Gasteiger charge is -2.39. The molecule has 0 amide bonds. The largest absolute Gasteiger partial charge is 0.0654 e. The van der Waals surface area contributed by atoms with Crippen LogP contribution in [-0.2, 0) is 67.6 Å². The maximum atomic E-state index is 2.98. The van der Waals surface area contributed by atoms with Crippen molar-refractivity contribution in [2.75, 3.05) is 0 Å². The van der Waals surface area contributed by atoms with E-state index in [0.717, 1.165) is 51.4 Å². The number of unbranched alkanes of at least 4 members (excludes halogenated alkanes) is 6. The van der Waals surface area contributed by atoms with Crippen LogP contribution in [0.3, 0.4) is 0 Å². The zero-order chi connectivity index (χ0) is 64.5. The van der Waals surface area contributed by atoms with Gasteiger partial charge in [-0.25, -0.2) is 0 Å². The predicted molar refractivity (Wildman–Crippen MR) is 435 cm³/mol. The van der Waals surface area contributed by atoms with Crippen LogP contribution < -0.4 is 0 Å². The molecule has 26 aromatic rings. The molecule has 0 heteroatoms. The first-order valence-electron chi connectivity index (χ1n) is 40.3. The molecule has 0 radical (unpaired) electrons. The number of hydrogen-bond acceptors (Lipinski definition) is 0. The fraction of sp³-hybridized carbons (Fsp3) is 0.223. The van der Waals surface area contributed by atoms with Gasteiger partial charge in [-0.1, -0.05) is 162 Å². The van der Waals surface area contributed by atoms with E-state index in [4.69, 9.17) is 0 Å². The minimum Gasteiger partial charge on any atom is -0.0654 e. The SMILES string of the molecule is CCCCCCC1(CCCCCC)c2cc(C34Cc5cc6cc7c8c9c(cc%10cc%11c%12c%13c(cc(c%14c%15c3c5c3c6c8c5c3c%15c(c%14%13)c3c%12c%10c9c35)C4)C%11)C7)ccc2-c2ccc(C34Cc5cc6cc7c8c9c(cc%10cc%11c%12c%13c(cc(c%14c%15c3c5c3c6c8c5c3c%15c(c%14%13)c3c%12c%10c9c35)C4)C%11)C7)cc21. The van der Waals surface area contributed by atoms with Crippen LogP contribution in [0.1, 0.15) is 178 Å². The van der Waals surface area contributed by atoms with Gasteiger partial charge >= 0.3 is 0 Å². The molecule has 35 rings (SSSR count). The highest BCUT2D eigenvalue weighted by molar-refractivity contribution is 6.68. The fourth-order valence-corrected chi connectivity index (χ4v) is 31.2. The van der Waals surface area contributed by atoms with E-state index < -0.39 is 0 Å². The maximum Gasteiger partial charge on any atom is 0.0296 e. The van der Waals surface area contributed by atoms with Crippen LogP contribution in [0.15, 0.2) is 97.1 Å². The predicted octanol–water partition coefficient (Wildman–Crippen LogP) is 26.7. The van der Waals surface area contributed by atoms with Gasteiger partial charge in [0.15, 0.2) is 0 Å². The summed E-state index contributed by atoms with van der Waals surface area (Å²) in [4.78, 5) is 0. The zero-order valence-corrected chi connectivity index (χ0v) is 57.5. The van der Waals surface area contributed by atoms with Crippen molar-refractivity contribution in [3.63, 3.8) is 0 Å². The second-order valence-electron chi connectivity index (χ2n) is 37.1. The summed E-state index contributed by atoms with van der Waals surface area (Å²) < 4.78 is 0. The van der Waals surface area contributed by atoms with Crippen LogP contribution in [0.2, 0.25) is 0 Å². The third kappa shape index (κ3) is 4.06. The lowest BCUT2D eigenvalue weighted by atomic mass is 9.63. The molecule has 9 aliphatic carbocycles. The van der Waals surface area contributed by atoms with Gasteiger partial charge in [-0.15, -0.1) is 0 Å². The van der Waals surface area contributed by atoms with Gasteiger partial charge in [-0.2, -0.15) is 0 Å². The first-order valence-corrected chi connectivity index (χ1v) is 40.3.